The monoisotopic (exact) mass is 1190 g/mol. The van der Waals surface area contributed by atoms with Crippen LogP contribution in [0.2, 0.25) is 0 Å². The third-order valence-corrected chi connectivity index (χ3v) is 15.4. The number of imidazole rings is 1. The van der Waals surface area contributed by atoms with E-state index in [9.17, 15) is 48.3 Å². The van der Waals surface area contributed by atoms with E-state index < -0.39 is 17.9 Å². The molecule has 20 nitrogen and oxygen atoms in total. The second kappa shape index (κ2) is 53.7. The van der Waals surface area contributed by atoms with Gasteiger partial charge in [0.25, 0.3) is 0 Å². The highest BCUT2D eigenvalue weighted by Gasteiger charge is 2.30. The van der Waals surface area contributed by atoms with Crippen molar-refractivity contribution in [1.82, 2.24) is 25.9 Å². The van der Waals surface area contributed by atoms with Crippen molar-refractivity contribution in [2.75, 3.05) is 73.0 Å². The molecule has 0 radical (unpaired) electrons. The third kappa shape index (κ3) is 46.5. The maximum atomic E-state index is 13.0. The van der Waals surface area contributed by atoms with Crippen LogP contribution in [0.5, 0.6) is 0 Å². The molecule has 2 amide bonds. The fraction of sp³-hybridized carbons (Fsp3) is 0.812. The fourth-order valence-electron chi connectivity index (χ4n) is 10.1. The van der Waals surface area contributed by atoms with E-state index in [4.69, 9.17) is 24.1 Å². The largest absolute Gasteiger partial charge is 0.481 e. The van der Waals surface area contributed by atoms with E-state index in [1.807, 2.05) is 6.92 Å². The molecule has 1 heterocycles. The highest BCUT2D eigenvalue weighted by molar-refractivity contribution is 5.86. The third-order valence-electron chi connectivity index (χ3n) is 15.4. The summed E-state index contributed by atoms with van der Waals surface area (Å²) in [5.74, 6) is -2.34. The van der Waals surface area contributed by atoms with Crippen LogP contribution in [-0.2, 0) is 68.5 Å². The number of carbonyl (C=O) groups is 9. The Kier molecular flexibility index (Phi) is 49.4. The second-order valence-corrected chi connectivity index (χ2v) is 22.7. The van der Waals surface area contributed by atoms with E-state index in [1.165, 1.54) is 84.6 Å². The summed E-state index contributed by atoms with van der Waals surface area (Å²) in [6.07, 6.45) is 33.9. The highest BCUT2D eigenvalue weighted by atomic mass is 16.5. The minimum absolute atomic E-state index is 0.0181. The van der Waals surface area contributed by atoms with Gasteiger partial charge in [-0.15, -0.1) is 0 Å². The average Bonchev–Trinajstić information content (AvgIpc) is 4.05. The zero-order valence-electron chi connectivity index (χ0n) is 51.9. The van der Waals surface area contributed by atoms with Crippen molar-refractivity contribution in [1.29, 1.82) is 0 Å². The van der Waals surface area contributed by atoms with Crippen molar-refractivity contribution >= 4 is 52.7 Å². The summed E-state index contributed by atoms with van der Waals surface area (Å²) in [4.78, 5) is 114. The van der Waals surface area contributed by atoms with E-state index in [2.05, 4.69) is 25.9 Å². The Bertz CT molecular complexity index is 1910. The SMILES string of the molecule is CCCOCCOCC(=O)CCCCC[C@H](NCC(=O)CCc1cnc[nH]1)C(C)=O.CNC(=O)COCCOCCNC(=O)CC[C@H](CC(=O)C1CCC(CCC(=O)CCCCCCCCCCCCCCCCCCC(=O)O)CC1)C(=O)O. The molecule has 0 unspecified atom stereocenters. The lowest BCUT2D eigenvalue weighted by molar-refractivity contribution is -0.145. The van der Waals surface area contributed by atoms with Gasteiger partial charge in [0.1, 0.15) is 36.3 Å². The number of aromatic nitrogens is 2. The van der Waals surface area contributed by atoms with Crippen molar-refractivity contribution in [3.8, 4) is 0 Å². The van der Waals surface area contributed by atoms with Crippen LogP contribution in [-0.4, -0.2) is 152 Å². The Morgan fingerprint density at radius 3 is 1.69 bits per heavy atom. The predicted octanol–water partition coefficient (Wildman–Crippen LogP) is 10.0. The van der Waals surface area contributed by atoms with Crippen LogP contribution in [0.4, 0.5) is 0 Å². The number of rotatable bonds is 57. The van der Waals surface area contributed by atoms with Crippen LogP contribution in [0.3, 0.4) is 0 Å². The van der Waals surface area contributed by atoms with Gasteiger partial charge < -0.3 is 50.1 Å². The first kappa shape index (κ1) is 77.3. The molecule has 84 heavy (non-hydrogen) atoms. The summed E-state index contributed by atoms with van der Waals surface area (Å²) in [5.41, 5.74) is 0.927. The molecule has 1 aromatic rings. The topological polar surface area (TPSA) is 296 Å². The van der Waals surface area contributed by atoms with Gasteiger partial charge in [0.05, 0.1) is 57.9 Å². The van der Waals surface area contributed by atoms with E-state index in [-0.39, 0.29) is 112 Å². The first-order valence-electron chi connectivity index (χ1n) is 32.2. The van der Waals surface area contributed by atoms with E-state index >= 15 is 0 Å². The van der Waals surface area contributed by atoms with Crippen LogP contribution in [0.25, 0.3) is 0 Å². The zero-order chi connectivity index (χ0) is 61.7. The molecule has 6 N–H and O–H groups in total. The van der Waals surface area contributed by atoms with Gasteiger partial charge >= 0.3 is 11.9 Å². The summed E-state index contributed by atoms with van der Waals surface area (Å²) >= 11 is 0. The smallest absolute Gasteiger partial charge is 0.306 e. The first-order valence-corrected chi connectivity index (χ1v) is 32.2. The Hall–Kier alpha value is -4.76. The normalized spacial score (nSPS) is 14.7. The Morgan fingerprint density at radius 2 is 1.14 bits per heavy atom. The number of aliphatic carboxylic acids is 2. The second-order valence-electron chi connectivity index (χ2n) is 22.7. The molecule has 1 aromatic heterocycles. The number of nitrogens with zero attached hydrogens (tertiary/aromatic N) is 1. The number of carbonyl (C=O) groups excluding carboxylic acids is 7. The minimum atomic E-state index is -1.06. The lowest BCUT2D eigenvalue weighted by atomic mass is 9.76. The molecular formula is C64H111N5O15. The molecule has 2 rings (SSSR count). The number of H-pyrrole nitrogens is 1. The molecule has 1 aliphatic rings. The minimum Gasteiger partial charge on any atom is -0.481 e. The van der Waals surface area contributed by atoms with E-state index in [1.54, 1.807) is 12.5 Å². The molecule has 0 bridgehead atoms. The molecule has 0 aliphatic heterocycles. The number of aryl methyl sites for hydroxylation is 1. The number of unbranched alkanes of at least 4 members (excludes halogenated alkanes) is 17. The lowest BCUT2D eigenvalue weighted by Crippen LogP contribution is -2.38. The number of ether oxygens (including phenoxy) is 4. The first-order chi connectivity index (χ1) is 40.6. The van der Waals surface area contributed by atoms with Crippen LogP contribution in [0, 0.1) is 17.8 Å². The number of nitrogens with one attached hydrogen (secondary N) is 4. The van der Waals surface area contributed by atoms with Crippen molar-refractivity contribution in [3.05, 3.63) is 18.2 Å². The molecule has 1 aliphatic carbocycles. The number of Topliss-reactive ketones (excluding diaryl/α,β-unsaturated/α-hetero) is 5. The van der Waals surface area contributed by atoms with E-state index in [0.717, 1.165) is 95.6 Å². The van der Waals surface area contributed by atoms with Crippen LogP contribution < -0.4 is 16.0 Å². The molecule has 2 atom stereocenters. The number of carboxylic acids is 2. The number of hydrogen-bond donors (Lipinski definition) is 6. The summed E-state index contributed by atoms with van der Waals surface area (Å²) in [6, 6.07) is -0.316. The maximum Gasteiger partial charge on any atom is 0.306 e. The predicted molar refractivity (Wildman–Crippen MR) is 324 cm³/mol. The molecule has 1 fully saturated rings. The standard InChI is InChI=1S/C42H74N2O10.C22H37N3O5/c1-43-40(48)33-54-31-30-53-29-28-44-39(47)27-25-36(42(51)52)32-38(46)35-23-20-34(21-24-35)22-26-37(45)18-16-14-12-10-8-6-4-2-3-5-7-9-11-13-15-17-19-41(49)50;1-3-11-29-12-13-30-16-21(28)7-5-4-6-8-22(18(2)26)24-15-20(27)10-9-19-14-23-17-25-19/h34-36H,2-33H2,1H3,(H,43,48)(H,44,47)(H,49,50)(H,51,52);14,17,22,24H,3-13,15-16H2,1-2H3,(H,23,25)/t34?,35?,36-;22-/m10/s1. The lowest BCUT2D eigenvalue weighted by Gasteiger charge is -2.28. The van der Waals surface area contributed by atoms with Crippen LogP contribution in [0.15, 0.2) is 12.5 Å². The number of hydrogen-bond acceptors (Lipinski definition) is 15. The van der Waals surface area contributed by atoms with Gasteiger partial charge in [-0.05, 0) is 89.9 Å². The van der Waals surface area contributed by atoms with Gasteiger partial charge in [-0.25, -0.2) is 4.98 Å². The van der Waals surface area contributed by atoms with Gasteiger partial charge in [-0.3, -0.25) is 43.2 Å². The Labute approximate surface area is 502 Å². The van der Waals surface area contributed by atoms with Crippen LogP contribution >= 0.6 is 0 Å². The highest BCUT2D eigenvalue weighted by Crippen LogP contribution is 2.34. The molecule has 482 valence electrons. The molecule has 0 aromatic carbocycles. The fourth-order valence-corrected chi connectivity index (χ4v) is 10.1. The number of aromatic amines is 1. The van der Waals surface area contributed by atoms with Gasteiger partial charge in [-0.2, -0.15) is 0 Å². The van der Waals surface area contributed by atoms with Crippen molar-refractivity contribution in [2.45, 2.75) is 245 Å². The van der Waals surface area contributed by atoms with Crippen LogP contribution in [0.1, 0.15) is 238 Å². The Morgan fingerprint density at radius 1 is 0.595 bits per heavy atom. The zero-order valence-corrected chi connectivity index (χ0v) is 51.9. The molecule has 1 saturated carbocycles. The van der Waals surface area contributed by atoms with Crippen molar-refractivity contribution in [2.24, 2.45) is 17.8 Å². The summed E-state index contributed by atoms with van der Waals surface area (Å²) in [7, 11) is 1.53. The summed E-state index contributed by atoms with van der Waals surface area (Å²) < 4.78 is 21.1. The Balaban J connectivity index is 0.000000989. The van der Waals surface area contributed by atoms with Gasteiger partial charge in [0.15, 0.2) is 5.78 Å². The number of amides is 2. The van der Waals surface area contributed by atoms with E-state index in [0.29, 0.717) is 76.5 Å². The number of likely N-dealkylation sites (N-methyl/N-ethyl adjacent to an activating group) is 1. The van der Waals surface area contributed by atoms with Crippen molar-refractivity contribution in [3.63, 3.8) is 0 Å². The number of carboxylic acid groups (broad SMARTS) is 2. The van der Waals surface area contributed by atoms with Crippen molar-refractivity contribution < 1.29 is 72.3 Å². The number of ketones is 5. The van der Waals surface area contributed by atoms with Gasteiger partial charge in [-0.1, -0.05) is 110 Å². The van der Waals surface area contributed by atoms with Gasteiger partial charge in [0, 0.05) is 83.0 Å². The average molecular weight is 1190 g/mol. The van der Waals surface area contributed by atoms with Gasteiger partial charge in [0.2, 0.25) is 11.8 Å². The summed E-state index contributed by atoms with van der Waals surface area (Å²) in [5, 5.41) is 26.6. The molecular weight excluding hydrogens is 1080 g/mol. The summed E-state index contributed by atoms with van der Waals surface area (Å²) in [6.45, 7) is 6.61. The molecule has 0 spiro atoms. The molecule has 0 saturated heterocycles. The maximum absolute atomic E-state index is 13.0. The molecule has 20 heteroatoms. The quantitative estimate of drug-likeness (QED) is 0.0331.